The molecule has 84 valence electrons. The van der Waals surface area contributed by atoms with Crippen LogP contribution in [0, 0.1) is 0 Å². The Labute approximate surface area is 86.9 Å². The van der Waals surface area contributed by atoms with Crippen LogP contribution < -0.4 is 0 Å². The van der Waals surface area contributed by atoms with Crippen LogP contribution in [0.5, 0.6) is 0 Å². The van der Waals surface area contributed by atoms with E-state index in [-0.39, 0.29) is 25.9 Å². The van der Waals surface area contributed by atoms with Gasteiger partial charge in [0.2, 0.25) is 0 Å². The molecule has 0 saturated heterocycles. The van der Waals surface area contributed by atoms with E-state index in [1.165, 1.54) is 4.90 Å². The second-order valence-electron chi connectivity index (χ2n) is 2.92. The third-order valence-electron chi connectivity index (χ3n) is 1.90. The molecular weight excluding hydrogens is 202 g/mol. The van der Waals surface area contributed by atoms with Crippen molar-refractivity contribution in [3.63, 3.8) is 0 Å². The highest BCUT2D eigenvalue weighted by molar-refractivity contribution is 5.68. The second kappa shape index (κ2) is 7.81. The van der Waals surface area contributed by atoms with Crippen LogP contribution in [0.25, 0.3) is 0 Å². The number of hydrogen-bond donors (Lipinski definition) is 1. The van der Waals surface area contributed by atoms with Crippen LogP contribution in [0.4, 0.5) is 0 Å². The summed E-state index contributed by atoms with van der Waals surface area (Å²) in [6.07, 6.45) is 1.62. The van der Waals surface area contributed by atoms with Crippen molar-refractivity contribution in [3.8, 4) is 0 Å². The molecule has 0 spiro atoms. The van der Waals surface area contributed by atoms with Gasteiger partial charge in [-0.15, -0.1) is 0 Å². The molecule has 0 aromatic rings. The number of carbonyl (C=O) groups excluding carboxylic acids is 3. The lowest BCUT2D eigenvalue weighted by Crippen LogP contribution is -2.39. The van der Waals surface area contributed by atoms with Crippen LogP contribution in [-0.4, -0.2) is 54.0 Å². The molecule has 0 aliphatic carbocycles. The number of aldehydes is 3. The maximum absolute atomic E-state index is 10.6. The molecule has 0 aliphatic heterocycles. The van der Waals surface area contributed by atoms with Gasteiger partial charge in [-0.3, -0.25) is 9.69 Å². The number of carbonyl (C=O) groups is 4. The quantitative estimate of drug-likeness (QED) is 0.502. The van der Waals surface area contributed by atoms with Crippen LogP contribution in [0.15, 0.2) is 0 Å². The normalized spacial score (nSPS) is 12.1. The molecule has 0 aromatic carbocycles. The Kier molecular flexibility index (Phi) is 7.00. The van der Waals surface area contributed by atoms with Gasteiger partial charge in [-0.1, -0.05) is 0 Å². The van der Waals surface area contributed by atoms with Crippen molar-refractivity contribution in [2.24, 2.45) is 0 Å². The molecule has 6 nitrogen and oxygen atoms in total. The minimum atomic E-state index is -1.01. The lowest BCUT2D eigenvalue weighted by Gasteiger charge is -2.22. The maximum Gasteiger partial charge on any atom is 0.303 e. The fraction of sp³-hybridized carbons (Fsp3) is 0.556. The number of carboxylic acid groups (broad SMARTS) is 1. The largest absolute Gasteiger partial charge is 0.481 e. The second-order valence-corrected chi connectivity index (χ2v) is 2.92. The van der Waals surface area contributed by atoms with Gasteiger partial charge in [0.05, 0.1) is 19.1 Å². The zero-order valence-electron chi connectivity index (χ0n) is 8.17. The number of hydrogen-bond acceptors (Lipinski definition) is 5. The Morgan fingerprint density at radius 2 is 1.73 bits per heavy atom. The summed E-state index contributed by atoms with van der Waals surface area (Å²) in [5.41, 5.74) is 0. The van der Waals surface area contributed by atoms with Crippen molar-refractivity contribution in [1.29, 1.82) is 0 Å². The highest BCUT2D eigenvalue weighted by Crippen LogP contribution is 2.03. The van der Waals surface area contributed by atoms with Gasteiger partial charge in [-0.25, -0.2) is 0 Å². The van der Waals surface area contributed by atoms with Gasteiger partial charge in [0.1, 0.15) is 18.9 Å². The Bertz CT molecular complexity index is 231. The van der Waals surface area contributed by atoms with E-state index in [9.17, 15) is 19.2 Å². The lowest BCUT2D eigenvalue weighted by molar-refractivity contribution is -0.137. The van der Waals surface area contributed by atoms with Gasteiger partial charge in [-0.05, 0) is 6.42 Å². The van der Waals surface area contributed by atoms with Crippen molar-refractivity contribution in [3.05, 3.63) is 0 Å². The van der Waals surface area contributed by atoms with Gasteiger partial charge < -0.3 is 19.5 Å². The van der Waals surface area contributed by atoms with E-state index in [4.69, 9.17) is 5.11 Å². The zero-order chi connectivity index (χ0) is 11.7. The summed E-state index contributed by atoms with van der Waals surface area (Å²) in [7, 11) is 0. The molecule has 0 rings (SSSR count). The molecule has 0 fully saturated rings. The zero-order valence-corrected chi connectivity index (χ0v) is 8.17. The van der Waals surface area contributed by atoms with E-state index in [2.05, 4.69) is 0 Å². The Morgan fingerprint density at radius 1 is 1.20 bits per heavy atom. The van der Waals surface area contributed by atoms with E-state index in [1.54, 1.807) is 0 Å². The van der Waals surface area contributed by atoms with Crippen molar-refractivity contribution < 1.29 is 24.3 Å². The SMILES string of the molecule is O=CCN(CC=O)C(C=O)CCC(=O)O. The molecule has 6 heteroatoms. The molecule has 0 radical (unpaired) electrons. The average Bonchev–Trinajstić information content (AvgIpc) is 2.19. The third-order valence-corrected chi connectivity index (χ3v) is 1.90. The molecular formula is C9H13NO5. The predicted octanol–water partition coefficient (Wildman–Crippen LogP) is -0.881. The van der Waals surface area contributed by atoms with Crippen molar-refractivity contribution in [2.75, 3.05) is 13.1 Å². The molecule has 1 unspecified atom stereocenters. The number of rotatable bonds is 9. The molecule has 15 heavy (non-hydrogen) atoms. The maximum atomic E-state index is 10.6. The van der Waals surface area contributed by atoms with Crippen LogP contribution in [0.3, 0.4) is 0 Å². The smallest absolute Gasteiger partial charge is 0.303 e. The first kappa shape index (κ1) is 13.4. The Morgan fingerprint density at radius 3 is 2.07 bits per heavy atom. The first-order valence-electron chi connectivity index (χ1n) is 4.44. The number of nitrogens with zero attached hydrogens (tertiary/aromatic N) is 1. The van der Waals surface area contributed by atoms with E-state index < -0.39 is 12.0 Å². The summed E-state index contributed by atoms with van der Waals surface area (Å²) < 4.78 is 0. The number of carboxylic acids is 1. The molecule has 1 N–H and O–H groups in total. The summed E-state index contributed by atoms with van der Waals surface area (Å²) in [6, 6.07) is -0.698. The fourth-order valence-corrected chi connectivity index (χ4v) is 1.14. The number of aliphatic carboxylic acids is 1. The third kappa shape index (κ3) is 5.69. The molecule has 0 bridgehead atoms. The van der Waals surface area contributed by atoms with Gasteiger partial charge in [-0.2, -0.15) is 0 Å². The van der Waals surface area contributed by atoms with Gasteiger partial charge in [0.15, 0.2) is 0 Å². The van der Waals surface area contributed by atoms with Crippen molar-refractivity contribution in [1.82, 2.24) is 4.90 Å². The first-order valence-corrected chi connectivity index (χ1v) is 4.44. The summed E-state index contributed by atoms with van der Waals surface area (Å²) in [4.78, 5) is 42.8. The minimum Gasteiger partial charge on any atom is -0.481 e. The summed E-state index contributed by atoms with van der Waals surface area (Å²) in [6.45, 7) is -0.108. The van der Waals surface area contributed by atoms with Gasteiger partial charge >= 0.3 is 5.97 Å². The van der Waals surface area contributed by atoms with Gasteiger partial charge in [0.25, 0.3) is 0 Å². The lowest BCUT2D eigenvalue weighted by atomic mass is 10.1. The first-order chi connectivity index (χ1) is 7.15. The monoisotopic (exact) mass is 215 g/mol. The Hall–Kier alpha value is -1.56. The van der Waals surface area contributed by atoms with E-state index >= 15 is 0 Å². The van der Waals surface area contributed by atoms with Gasteiger partial charge in [0, 0.05) is 6.42 Å². The summed E-state index contributed by atoms with van der Waals surface area (Å²) in [5, 5.41) is 8.43. The standard InChI is InChI=1S/C9H13NO5/c11-5-3-10(4-6-12)8(7-13)1-2-9(14)15/h5-8H,1-4H2,(H,14,15). The molecule has 0 aromatic heterocycles. The topological polar surface area (TPSA) is 91.8 Å². The van der Waals surface area contributed by atoms with E-state index in [1.807, 2.05) is 0 Å². The summed E-state index contributed by atoms with van der Waals surface area (Å²) in [5.74, 6) is -1.01. The van der Waals surface area contributed by atoms with Crippen molar-refractivity contribution in [2.45, 2.75) is 18.9 Å². The molecule has 0 heterocycles. The highest BCUT2D eigenvalue weighted by Gasteiger charge is 2.17. The van der Waals surface area contributed by atoms with Crippen molar-refractivity contribution >= 4 is 24.8 Å². The Balaban J connectivity index is 4.28. The molecule has 0 saturated carbocycles. The molecule has 0 aliphatic rings. The molecule has 1 atom stereocenters. The van der Waals surface area contributed by atoms with Crippen LogP contribution in [0.1, 0.15) is 12.8 Å². The minimum absolute atomic E-state index is 0.0538. The van der Waals surface area contributed by atoms with Crippen LogP contribution in [-0.2, 0) is 19.2 Å². The average molecular weight is 215 g/mol. The van der Waals surface area contributed by atoms with E-state index in [0.29, 0.717) is 18.9 Å². The predicted molar refractivity (Wildman–Crippen MR) is 50.4 cm³/mol. The highest BCUT2D eigenvalue weighted by atomic mass is 16.4. The van der Waals surface area contributed by atoms with Crippen LogP contribution >= 0.6 is 0 Å². The molecule has 0 amide bonds. The fourth-order valence-electron chi connectivity index (χ4n) is 1.14. The van der Waals surface area contributed by atoms with E-state index in [0.717, 1.165) is 0 Å². The summed E-state index contributed by atoms with van der Waals surface area (Å²) >= 11 is 0. The van der Waals surface area contributed by atoms with Crippen LogP contribution in [0.2, 0.25) is 0 Å².